The SMILES string of the molecule is O=C(NCCc1cccc(-c2ccccc2Cl)n1)c1ccc(Oc2cc3c(cc2Cl)C(C(=O)O)CCO3)cc1. The Morgan fingerprint density at radius 2 is 1.79 bits per heavy atom. The Kier molecular flexibility index (Phi) is 8.00. The largest absolute Gasteiger partial charge is 0.493 e. The number of carbonyl (C=O) groups excluding carboxylic acids is 1. The highest BCUT2D eigenvalue weighted by molar-refractivity contribution is 6.33. The zero-order valence-corrected chi connectivity index (χ0v) is 22.2. The van der Waals surface area contributed by atoms with Crippen LogP contribution < -0.4 is 14.8 Å². The number of nitrogens with zero attached hydrogens (tertiary/aromatic N) is 1. The third-order valence-corrected chi connectivity index (χ3v) is 6.99. The van der Waals surface area contributed by atoms with Crippen LogP contribution >= 0.6 is 23.2 Å². The molecule has 1 aliphatic heterocycles. The lowest BCUT2D eigenvalue weighted by molar-refractivity contribution is -0.139. The summed E-state index contributed by atoms with van der Waals surface area (Å²) in [6.45, 7) is 0.718. The number of nitrogens with one attached hydrogen (secondary N) is 1. The number of rotatable bonds is 8. The minimum absolute atomic E-state index is 0.219. The van der Waals surface area contributed by atoms with Crippen LogP contribution in [-0.2, 0) is 11.2 Å². The molecule has 0 saturated carbocycles. The smallest absolute Gasteiger partial charge is 0.311 e. The maximum Gasteiger partial charge on any atom is 0.311 e. The van der Waals surface area contributed by atoms with Crippen LogP contribution in [0.25, 0.3) is 11.3 Å². The molecular weight excluding hydrogens is 539 g/mol. The highest BCUT2D eigenvalue weighted by Crippen LogP contribution is 2.41. The second kappa shape index (κ2) is 11.8. The van der Waals surface area contributed by atoms with Crippen molar-refractivity contribution in [3.05, 3.63) is 106 Å². The molecule has 0 radical (unpaired) electrons. The summed E-state index contributed by atoms with van der Waals surface area (Å²) in [6.07, 6.45) is 0.945. The third kappa shape index (κ3) is 6.16. The molecule has 39 heavy (non-hydrogen) atoms. The van der Waals surface area contributed by atoms with Gasteiger partial charge in [0.25, 0.3) is 5.91 Å². The van der Waals surface area contributed by atoms with E-state index < -0.39 is 11.9 Å². The number of halogens is 2. The number of benzene rings is 3. The lowest BCUT2D eigenvalue weighted by Crippen LogP contribution is -2.25. The number of pyridine rings is 1. The maximum atomic E-state index is 12.7. The number of hydrogen-bond donors (Lipinski definition) is 2. The van der Waals surface area contributed by atoms with Gasteiger partial charge in [0.2, 0.25) is 0 Å². The van der Waals surface area contributed by atoms with Gasteiger partial charge in [-0.25, -0.2) is 0 Å². The van der Waals surface area contributed by atoms with Gasteiger partial charge in [-0.15, -0.1) is 0 Å². The Bertz CT molecular complexity index is 1520. The van der Waals surface area contributed by atoms with Gasteiger partial charge in [-0.2, -0.15) is 0 Å². The summed E-state index contributed by atoms with van der Waals surface area (Å²) in [7, 11) is 0. The van der Waals surface area contributed by atoms with Gasteiger partial charge in [0.05, 0.1) is 23.2 Å². The molecule has 1 unspecified atom stereocenters. The lowest BCUT2D eigenvalue weighted by Gasteiger charge is -2.24. The molecule has 0 aliphatic carbocycles. The van der Waals surface area contributed by atoms with Gasteiger partial charge < -0.3 is 19.9 Å². The Labute approximate surface area is 235 Å². The highest BCUT2D eigenvalue weighted by atomic mass is 35.5. The normalized spacial score (nSPS) is 14.2. The molecule has 5 rings (SSSR count). The Balaban J connectivity index is 1.18. The van der Waals surface area contributed by atoms with E-state index in [0.717, 1.165) is 17.0 Å². The molecule has 2 N–H and O–H groups in total. The fourth-order valence-electron chi connectivity index (χ4n) is 4.37. The van der Waals surface area contributed by atoms with Crippen molar-refractivity contribution in [1.82, 2.24) is 10.3 Å². The van der Waals surface area contributed by atoms with Gasteiger partial charge in [0.15, 0.2) is 0 Å². The van der Waals surface area contributed by atoms with Crippen LogP contribution in [0.5, 0.6) is 17.2 Å². The molecule has 1 atom stereocenters. The Morgan fingerprint density at radius 1 is 1.00 bits per heavy atom. The van der Waals surface area contributed by atoms with E-state index in [1.54, 1.807) is 36.4 Å². The predicted molar refractivity (Wildman–Crippen MR) is 149 cm³/mol. The zero-order chi connectivity index (χ0) is 27.4. The molecule has 0 bridgehead atoms. The van der Waals surface area contributed by atoms with Crippen LogP contribution in [0.1, 0.15) is 34.0 Å². The minimum Gasteiger partial charge on any atom is -0.493 e. The van der Waals surface area contributed by atoms with E-state index in [9.17, 15) is 14.7 Å². The first-order chi connectivity index (χ1) is 18.9. The van der Waals surface area contributed by atoms with E-state index in [2.05, 4.69) is 10.3 Å². The van der Waals surface area contributed by atoms with Gasteiger partial charge in [0, 0.05) is 46.4 Å². The molecule has 9 heteroatoms. The zero-order valence-electron chi connectivity index (χ0n) is 20.7. The number of hydrogen-bond acceptors (Lipinski definition) is 5. The molecule has 7 nitrogen and oxygen atoms in total. The number of carboxylic acids is 1. The van der Waals surface area contributed by atoms with Crippen molar-refractivity contribution in [2.45, 2.75) is 18.8 Å². The van der Waals surface area contributed by atoms with Crippen LogP contribution in [-0.4, -0.2) is 35.1 Å². The average molecular weight is 563 g/mol. The number of amides is 1. The summed E-state index contributed by atoms with van der Waals surface area (Å²) in [5, 5.41) is 13.3. The van der Waals surface area contributed by atoms with Crippen LogP contribution in [0.15, 0.2) is 78.9 Å². The number of ether oxygens (including phenoxy) is 2. The van der Waals surface area contributed by atoms with Crippen LogP contribution in [0.3, 0.4) is 0 Å². The fraction of sp³-hybridized carbons (Fsp3) is 0.167. The van der Waals surface area contributed by atoms with Crippen LogP contribution in [0.2, 0.25) is 10.0 Å². The van der Waals surface area contributed by atoms with E-state index in [4.69, 9.17) is 32.7 Å². The number of aromatic nitrogens is 1. The molecule has 198 valence electrons. The summed E-state index contributed by atoms with van der Waals surface area (Å²) < 4.78 is 11.5. The first-order valence-electron chi connectivity index (χ1n) is 12.3. The standard InChI is InChI=1S/C30H24Cl2N2O5/c31-24-6-2-1-5-22(24)26-7-3-4-19(34-26)12-14-33-29(35)18-8-10-20(11-9-18)39-28-17-27-23(16-25(28)32)21(30(36)37)13-15-38-27/h1-11,16-17,21H,12-15H2,(H,33,35)(H,36,37). The summed E-state index contributed by atoms with van der Waals surface area (Å²) >= 11 is 12.7. The van der Waals surface area contributed by atoms with E-state index in [0.29, 0.717) is 59.4 Å². The molecule has 0 fully saturated rings. The van der Waals surface area contributed by atoms with Crippen molar-refractivity contribution in [1.29, 1.82) is 0 Å². The molecule has 1 amide bonds. The van der Waals surface area contributed by atoms with Crippen molar-refractivity contribution in [3.8, 4) is 28.5 Å². The van der Waals surface area contributed by atoms with Gasteiger partial charge in [-0.05, 0) is 55.0 Å². The van der Waals surface area contributed by atoms with Crippen molar-refractivity contribution in [2.24, 2.45) is 0 Å². The Morgan fingerprint density at radius 3 is 2.56 bits per heavy atom. The van der Waals surface area contributed by atoms with Gasteiger partial charge in [-0.3, -0.25) is 14.6 Å². The summed E-state index contributed by atoms with van der Waals surface area (Å²) in [5.41, 5.74) is 3.50. The number of aliphatic carboxylic acids is 1. The summed E-state index contributed by atoms with van der Waals surface area (Å²) in [4.78, 5) is 28.9. The van der Waals surface area contributed by atoms with E-state index in [1.165, 1.54) is 0 Å². The molecule has 2 heterocycles. The van der Waals surface area contributed by atoms with Crippen molar-refractivity contribution < 1.29 is 24.2 Å². The van der Waals surface area contributed by atoms with E-state index in [-0.39, 0.29) is 10.9 Å². The highest BCUT2D eigenvalue weighted by Gasteiger charge is 2.29. The lowest BCUT2D eigenvalue weighted by atomic mass is 9.93. The van der Waals surface area contributed by atoms with Gasteiger partial charge in [0.1, 0.15) is 17.2 Å². The van der Waals surface area contributed by atoms with Crippen LogP contribution in [0.4, 0.5) is 0 Å². The Hall–Kier alpha value is -4.07. The van der Waals surface area contributed by atoms with E-state index in [1.807, 2.05) is 42.5 Å². The molecular formula is C30H24Cl2N2O5. The number of fused-ring (bicyclic) bond motifs is 1. The minimum atomic E-state index is -0.917. The first-order valence-corrected chi connectivity index (χ1v) is 13.1. The maximum absolute atomic E-state index is 12.7. The van der Waals surface area contributed by atoms with E-state index >= 15 is 0 Å². The monoisotopic (exact) mass is 562 g/mol. The summed E-state index contributed by atoms with van der Waals surface area (Å²) in [6, 6.07) is 23.1. The summed E-state index contributed by atoms with van der Waals surface area (Å²) in [5.74, 6) is -0.551. The molecule has 1 aromatic heterocycles. The van der Waals surface area contributed by atoms with Crippen molar-refractivity contribution >= 4 is 35.1 Å². The predicted octanol–water partition coefficient (Wildman–Crippen LogP) is 6.77. The van der Waals surface area contributed by atoms with Gasteiger partial charge in [-0.1, -0.05) is 47.5 Å². The molecule has 4 aromatic rings. The number of carbonyl (C=O) groups is 2. The van der Waals surface area contributed by atoms with Crippen molar-refractivity contribution in [2.75, 3.05) is 13.2 Å². The second-order valence-electron chi connectivity index (χ2n) is 8.97. The van der Waals surface area contributed by atoms with Crippen molar-refractivity contribution in [3.63, 3.8) is 0 Å². The average Bonchev–Trinajstić information content (AvgIpc) is 2.94. The first kappa shape index (κ1) is 26.5. The molecule has 3 aromatic carbocycles. The van der Waals surface area contributed by atoms with Crippen LogP contribution in [0, 0.1) is 0 Å². The third-order valence-electron chi connectivity index (χ3n) is 6.37. The van der Waals surface area contributed by atoms with Gasteiger partial charge >= 0.3 is 5.97 Å². The molecule has 1 aliphatic rings. The fourth-order valence-corrected chi connectivity index (χ4v) is 4.81. The quantitative estimate of drug-likeness (QED) is 0.246. The molecule has 0 saturated heterocycles. The number of carboxylic acid groups (broad SMARTS) is 1. The topological polar surface area (TPSA) is 97.8 Å². The second-order valence-corrected chi connectivity index (χ2v) is 9.79. The molecule has 0 spiro atoms.